The molecule has 112 valence electrons. The van der Waals surface area contributed by atoms with Gasteiger partial charge in [-0.3, -0.25) is 10.1 Å². The van der Waals surface area contributed by atoms with Crippen LogP contribution in [0.25, 0.3) is 11.0 Å². The number of aromatic nitrogens is 3. The lowest BCUT2D eigenvalue weighted by Crippen LogP contribution is -2.08. The van der Waals surface area contributed by atoms with Gasteiger partial charge in [0.25, 0.3) is 0 Å². The van der Waals surface area contributed by atoms with Gasteiger partial charge in [0.1, 0.15) is 5.82 Å². The van der Waals surface area contributed by atoms with Crippen LogP contribution >= 0.6 is 0 Å². The van der Waals surface area contributed by atoms with Crippen molar-refractivity contribution in [2.24, 2.45) is 0 Å². The molecule has 7 nitrogen and oxygen atoms in total. The van der Waals surface area contributed by atoms with E-state index in [2.05, 4.69) is 10.1 Å². The third-order valence-corrected chi connectivity index (χ3v) is 3.17. The Kier molecular flexibility index (Phi) is 3.17. The van der Waals surface area contributed by atoms with Gasteiger partial charge in [0.15, 0.2) is 5.65 Å². The standard InChI is InChI=1S/C13H9F2N5O2/c14-10-1-2-11(20(21)22)12(15)9(10)6-19-13-7(4-18-19)3-8(16)5-17-13/h1-5H,6,16H2. The molecule has 0 spiro atoms. The van der Waals surface area contributed by atoms with Gasteiger partial charge in [0.2, 0.25) is 5.82 Å². The lowest BCUT2D eigenvalue weighted by atomic mass is 10.1. The van der Waals surface area contributed by atoms with E-state index in [1.807, 2.05) is 0 Å². The minimum Gasteiger partial charge on any atom is -0.397 e. The predicted octanol–water partition coefficient (Wildman–Crippen LogP) is 2.25. The number of hydrogen-bond donors (Lipinski definition) is 1. The number of nitrogens with zero attached hydrogens (tertiary/aromatic N) is 4. The Labute approximate surface area is 122 Å². The number of anilines is 1. The van der Waals surface area contributed by atoms with Crippen LogP contribution in [-0.4, -0.2) is 19.7 Å². The molecule has 0 amide bonds. The maximum Gasteiger partial charge on any atom is 0.305 e. The van der Waals surface area contributed by atoms with Crippen molar-refractivity contribution >= 4 is 22.4 Å². The molecule has 0 aliphatic heterocycles. The van der Waals surface area contributed by atoms with Crippen LogP contribution < -0.4 is 5.73 Å². The topological polar surface area (TPSA) is 99.9 Å². The summed E-state index contributed by atoms with van der Waals surface area (Å²) in [7, 11) is 0. The van der Waals surface area contributed by atoms with E-state index in [1.54, 1.807) is 6.07 Å². The van der Waals surface area contributed by atoms with Crippen molar-refractivity contribution in [3.05, 3.63) is 57.9 Å². The smallest absolute Gasteiger partial charge is 0.305 e. The molecule has 1 aromatic carbocycles. The Hall–Kier alpha value is -3.10. The zero-order valence-electron chi connectivity index (χ0n) is 11.0. The van der Waals surface area contributed by atoms with E-state index in [1.165, 1.54) is 17.1 Å². The number of fused-ring (bicyclic) bond motifs is 1. The summed E-state index contributed by atoms with van der Waals surface area (Å²) in [6, 6.07) is 3.26. The zero-order valence-corrected chi connectivity index (χ0v) is 11.0. The lowest BCUT2D eigenvalue weighted by molar-refractivity contribution is -0.387. The summed E-state index contributed by atoms with van der Waals surface area (Å²) in [4.78, 5) is 13.9. The highest BCUT2D eigenvalue weighted by molar-refractivity contribution is 5.77. The highest BCUT2D eigenvalue weighted by Gasteiger charge is 2.22. The molecule has 0 saturated carbocycles. The Bertz CT molecular complexity index is 894. The number of rotatable bonds is 3. The van der Waals surface area contributed by atoms with E-state index in [9.17, 15) is 18.9 Å². The third kappa shape index (κ3) is 2.22. The summed E-state index contributed by atoms with van der Waals surface area (Å²) in [5.74, 6) is -2.11. The molecule has 0 radical (unpaired) electrons. The monoisotopic (exact) mass is 305 g/mol. The van der Waals surface area contributed by atoms with Crippen LogP contribution in [0.15, 0.2) is 30.6 Å². The molecule has 0 aliphatic carbocycles. The average molecular weight is 305 g/mol. The van der Waals surface area contributed by atoms with Gasteiger partial charge in [-0.2, -0.15) is 9.49 Å². The molecule has 2 N–H and O–H groups in total. The summed E-state index contributed by atoms with van der Waals surface area (Å²) in [6.45, 7) is -0.320. The summed E-state index contributed by atoms with van der Waals surface area (Å²) in [5.41, 5.74) is 5.16. The zero-order chi connectivity index (χ0) is 15.9. The van der Waals surface area contributed by atoms with Crippen LogP contribution in [0.2, 0.25) is 0 Å². The van der Waals surface area contributed by atoms with Crippen LogP contribution in [0.4, 0.5) is 20.2 Å². The Morgan fingerprint density at radius 3 is 2.82 bits per heavy atom. The van der Waals surface area contributed by atoms with E-state index >= 15 is 0 Å². The number of nitrogens with two attached hydrogens (primary N) is 1. The Morgan fingerprint density at radius 2 is 2.09 bits per heavy atom. The first-order valence-electron chi connectivity index (χ1n) is 6.15. The van der Waals surface area contributed by atoms with Crippen molar-refractivity contribution in [2.45, 2.75) is 6.54 Å². The summed E-state index contributed by atoms with van der Waals surface area (Å²) in [5, 5.41) is 15.3. The fraction of sp³-hybridized carbons (Fsp3) is 0.0769. The molecule has 2 aromatic heterocycles. The van der Waals surface area contributed by atoms with Crippen LogP contribution in [-0.2, 0) is 6.54 Å². The molecule has 3 rings (SSSR count). The lowest BCUT2D eigenvalue weighted by Gasteiger charge is -2.06. The van der Waals surface area contributed by atoms with Gasteiger partial charge in [0, 0.05) is 11.5 Å². The maximum atomic E-state index is 14.1. The molecule has 0 atom stereocenters. The number of benzene rings is 1. The van der Waals surface area contributed by atoms with Crippen molar-refractivity contribution < 1.29 is 13.7 Å². The van der Waals surface area contributed by atoms with Gasteiger partial charge < -0.3 is 5.73 Å². The fourth-order valence-corrected chi connectivity index (χ4v) is 2.13. The van der Waals surface area contributed by atoms with E-state index < -0.39 is 27.8 Å². The van der Waals surface area contributed by atoms with E-state index in [0.29, 0.717) is 16.7 Å². The van der Waals surface area contributed by atoms with Crippen molar-refractivity contribution in [1.29, 1.82) is 0 Å². The Balaban J connectivity index is 2.09. The first kappa shape index (κ1) is 13.9. The fourth-order valence-electron chi connectivity index (χ4n) is 2.13. The van der Waals surface area contributed by atoms with Crippen LogP contribution in [0.1, 0.15) is 5.56 Å². The molecule has 0 unspecified atom stereocenters. The quantitative estimate of drug-likeness (QED) is 0.591. The van der Waals surface area contributed by atoms with Crippen molar-refractivity contribution in [2.75, 3.05) is 5.73 Å². The number of pyridine rings is 1. The summed E-state index contributed by atoms with van der Waals surface area (Å²) in [6.07, 6.45) is 2.84. The minimum atomic E-state index is -1.22. The molecule has 0 saturated heterocycles. The van der Waals surface area contributed by atoms with Crippen LogP contribution in [0.5, 0.6) is 0 Å². The largest absolute Gasteiger partial charge is 0.397 e. The SMILES string of the molecule is Nc1cnc2c(cnn2Cc2c(F)ccc([N+](=O)[O-])c2F)c1. The highest BCUT2D eigenvalue weighted by Crippen LogP contribution is 2.24. The van der Waals surface area contributed by atoms with Gasteiger partial charge in [0.05, 0.1) is 35.1 Å². The van der Waals surface area contributed by atoms with Gasteiger partial charge in [-0.05, 0) is 12.1 Å². The normalized spacial score (nSPS) is 11.0. The molecule has 9 heteroatoms. The number of nitro benzene ring substituents is 1. The van der Waals surface area contributed by atoms with E-state index in [-0.39, 0.29) is 6.54 Å². The number of hydrogen-bond acceptors (Lipinski definition) is 5. The van der Waals surface area contributed by atoms with Crippen LogP contribution in [0, 0.1) is 21.7 Å². The van der Waals surface area contributed by atoms with Gasteiger partial charge in [-0.15, -0.1) is 0 Å². The van der Waals surface area contributed by atoms with Gasteiger partial charge in [-0.1, -0.05) is 0 Å². The highest BCUT2D eigenvalue weighted by atomic mass is 19.1. The summed E-state index contributed by atoms with van der Waals surface area (Å²) >= 11 is 0. The number of halogens is 2. The van der Waals surface area contributed by atoms with E-state index in [0.717, 1.165) is 12.1 Å². The van der Waals surface area contributed by atoms with Crippen LogP contribution in [0.3, 0.4) is 0 Å². The minimum absolute atomic E-state index is 0.320. The molecule has 0 bridgehead atoms. The molecule has 3 aromatic rings. The van der Waals surface area contributed by atoms with Crippen molar-refractivity contribution in [3.63, 3.8) is 0 Å². The first-order chi connectivity index (χ1) is 10.5. The molecule has 2 heterocycles. The van der Waals surface area contributed by atoms with Crippen molar-refractivity contribution in [3.8, 4) is 0 Å². The Morgan fingerprint density at radius 1 is 1.32 bits per heavy atom. The molecule has 0 fully saturated rings. The van der Waals surface area contributed by atoms with E-state index in [4.69, 9.17) is 5.73 Å². The second-order valence-corrected chi connectivity index (χ2v) is 4.60. The average Bonchev–Trinajstić information content (AvgIpc) is 2.85. The van der Waals surface area contributed by atoms with Crippen molar-refractivity contribution in [1.82, 2.24) is 14.8 Å². The first-order valence-corrected chi connectivity index (χ1v) is 6.15. The molecule has 22 heavy (non-hydrogen) atoms. The molecular weight excluding hydrogens is 296 g/mol. The third-order valence-electron chi connectivity index (χ3n) is 3.17. The van der Waals surface area contributed by atoms with Gasteiger partial charge >= 0.3 is 5.69 Å². The number of nitrogen functional groups attached to an aromatic ring is 1. The molecular formula is C13H9F2N5O2. The molecule has 0 aliphatic rings. The predicted molar refractivity (Wildman–Crippen MR) is 74.1 cm³/mol. The maximum absolute atomic E-state index is 14.1. The second-order valence-electron chi connectivity index (χ2n) is 4.60. The summed E-state index contributed by atoms with van der Waals surface area (Å²) < 4.78 is 29.1. The number of nitro groups is 1. The van der Waals surface area contributed by atoms with Gasteiger partial charge in [-0.25, -0.2) is 14.1 Å². The second kappa shape index (κ2) is 5.02.